The standard InChI is InChI=1S/C21H35N5O2S/c1-3-22-21(24-19-10-5-4-6-11-19)23-17-18-9-7-8-12-20(18)29(27,28)26-15-13-25(2)14-16-26/h7-9,12,19H,3-6,10-11,13-17H2,1-2H3,(H2,22,23,24). The van der Waals surface area contributed by atoms with Gasteiger partial charge in [0.05, 0.1) is 11.4 Å². The first-order valence-corrected chi connectivity index (χ1v) is 12.3. The van der Waals surface area contributed by atoms with Crippen LogP contribution in [-0.4, -0.2) is 69.4 Å². The number of nitrogens with one attached hydrogen (secondary N) is 2. The fourth-order valence-corrected chi connectivity index (χ4v) is 5.61. The molecular weight excluding hydrogens is 386 g/mol. The molecule has 2 fully saturated rings. The van der Waals surface area contributed by atoms with Gasteiger partial charge < -0.3 is 15.5 Å². The first kappa shape index (κ1) is 22.1. The van der Waals surface area contributed by atoms with Gasteiger partial charge in [-0.2, -0.15) is 4.31 Å². The van der Waals surface area contributed by atoms with Gasteiger partial charge in [-0.05, 0) is 38.4 Å². The van der Waals surface area contributed by atoms with Gasteiger partial charge in [-0.15, -0.1) is 0 Å². The molecule has 29 heavy (non-hydrogen) atoms. The van der Waals surface area contributed by atoms with Crippen LogP contribution < -0.4 is 10.6 Å². The average molecular weight is 422 g/mol. The molecule has 0 atom stereocenters. The number of guanidine groups is 1. The summed E-state index contributed by atoms with van der Waals surface area (Å²) in [6, 6.07) is 7.71. The normalized spacial score (nSPS) is 20.6. The minimum Gasteiger partial charge on any atom is -0.357 e. The summed E-state index contributed by atoms with van der Waals surface area (Å²) in [6.07, 6.45) is 6.15. The average Bonchev–Trinajstić information content (AvgIpc) is 2.73. The third-order valence-corrected chi connectivity index (χ3v) is 7.75. The number of hydrogen-bond acceptors (Lipinski definition) is 4. The molecular formula is C21H35N5O2S. The highest BCUT2D eigenvalue weighted by Crippen LogP contribution is 2.22. The molecule has 1 aromatic rings. The number of hydrogen-bond donors (Lipinski definition) is 2. The Bertz CT molecular complexity index is 782. The molecule has 3 rings (SSSR count). The molecule has 0 amide bonds. The largest absolute Gasteiger partial charge is 0.357 e. The van der Waals surface area contributed by atoms with Crippen LogP contribution in [0.25, 0.3) is 0 Å². The Morgan fingerprint density at radius 2 is 1.79 bits per heavy atom. The molecule has 1 aromatic carbocycles. The molecule has 1 saturated heterocycles. The molecule has 2 N–H and O–H groups in total. The highest BCUT2D eigenvalue weighted by molar-refractivity contribution is 7.89. The first-order chi connectivity index (χ1) is 14.0. The fourth-order valence-electron chi connectivity index (χ4n) is 3.98. The maximum Gasteiger partial charge on any atom is 0.243 e. The molecule has 0 bridgehead atoms. The SMILES string of the molecule is CCNC(=NCc1ccccc1S(=O)(=O)N1CCN(C)CC1)NC1CCCCC1. The fraction of sp³-hybridized carbons (Fsp3) is 0.667. The van der Waals surface area contributed by atoms with Gasteiger partial charge in [0.2, 0.25) is 10.0 Å². The summed E-state index contributed by atoms with van der Waals surface area (Å²) in [7, 11) is -1.48. The maximum absolute atomic E-state index is 13.2. The van der Waals surface area contributed by atoms with E-state index in [-0.39, 0.29) is 0 Å². The van der Waals surface area contributed by atoms with Gasteiger partial charge in [0.15, 0.2) is 5.96 Å². The van der Waals surface area contributed by atoms with Crippen LogP contribution in [0.15, 0.2) is 34.2 Å². The molecule has 0 unspecified atom stereocenters. The Labute approximate surface area is 175 Å². The van der Waals surface area contributed by atoms with E-state index >= 15 is 0 Å². The summed E-state index contributed by atoms with van der Waals surface area (Å²) in [5.41, 5.74) is 0.743. The van der Waals surface area contributed by atoms with Crippen molar-refractivity contribution in [2.75, 3.05) is 39.8 Å². The number of nitrogens with zero attached hydrogens (tertiary/aromatic N) is 3. The zero-order valence-electron chi connectivity index (χ0n) is 17.7. The van der Waals surface area contributed by atoms with Crippen LogP contribution in [0.3, 0.4) is 0 Å². The Kier molecular flexibility index (Phi) is 7.91. The van der Waals surface area contributed by atoms with Crippen LogP contribution >= 0.6 is 0 Å². The second-order valence-electron chi connectivity index (χ2n) is 7.99. The van der Waals surface area contributed by atoms with Crippen molar-refractivity contribution in [2.24, 2.45) is 4.99 Å². The van der Waals surface area contributed by atoms with Crippen molar-refractivity contribution < 1.29 is 8.42 Å². The third-order valence-electron chi connectivity index (χ3n) is 5.75. The zero-order chi connectivity index (χ0) is 20.7. The topological polar surface area (TPSA) is 77.0 Å². The molecule has 0 spiro atoms. The molecule has 2 aliphatic rings. The highest BCUT2D eigenvalue weighted by Gasteiger charge is 2.29. The molecule has 0 radical (unpaired) electrons. The second-order valence-corrected chi connectivity index (χ2v) is 9.90. The smallest absolute Gasteiger partial charge is 0.243 e. The minimum atomic E-state index is -3.51. The Morgan fingerprint density at radius 1 is 1.10 bits per heavy atom. The summed E-state index contributed by atoms with van der Waals surface area (Å²) in [6.45, 7) is 5.74. The van der Waals surface area contributed by atoms with Crippen molar-refractivity contribution in [3.8, 4) is 0 Å². The van der Waals surface area contributed by atoms with Crippen LogP contribution in [0, 0.1) is 0 Å². The summed E-state index contributed by atoms with van der Waals surface area (Å²) in [4.78, 5) is 7.24. The van der Waals surface area contributed by atoms with Crippen molar-refractivity contribution in [3.05, 3.63) is 29.8 Å². The summed E-state index contributed by atoms with van der Waals surface area (Å²) < 4.78 is 28.1. The number of piperazine rings is 1. The molecule has 1 aliphatic heterocycles. The van der Waals surface area contributed by atoms with Gasteiger partial charge in [0.25, 0.3) is 0 Å². The van der Waals surface area contributed by atoms with E-state index in [0.29, 0.717) is 30.6 Å². The minimum absolute atomic E-state index is 0.338. The molecule has 1 aliphatic carbocycles. The lowest BCUT2D eigenvalue weighted by Gasteiger charge is -2.32. The van der Waals surface area contributed by atoms with Gasteiger partial charge in [-0.1, -0.05) is 37.5 Å². The van der Waals surface area contributed by atoms with Gasteiger partial charge in [0.1, 0.15) is 0 Å². The van der Waals surface area contributed by atoms with E-state index in [0.717, 1.165) is 31.2 Å². The number of benzene rings is 1. The molecule has 8 heteroatoms. The third kappa shape index (κ3) is 5.93. The van der Waals surface area contributed by atoms with Crippen LogP contribution in [-0.2, 0) is 16.6 Å². The molecule has 0 aromatic heterocycles. The zero-order valence-corrected chi connectivity index (χ0v) is 18.5. The van der Waals surface area contributed by atoms with E-state index in [2.05, 4.69) is 15.5 Å². The van der Waals surface area contributed by atoms with Crippen LogP contribution in [0.2, 0.25) is 0 Å². The van der Waals surface area contributed by atoms with E-state index < -0.39 is 10.0 Å². The first-order valence-electron chi connectivity index (χ1n) is 10.8. The predicted octanol–water partition coefficient (Wildman–Crippen LogP) is 2.01. The van der Waals surface area contributed by atoms with Gasteiger partial charge in [0, 0.05) is 38.8 Å². The van der Waals surface area contributed by atoms with Gasteiger partial charge in [-0.3, -0.25) is 0 Å². The number of rotatable bonds is 6. The summed E-state index contributed by atoms with van der Waals surface area (Å²) in [5.74, 6) is 0.770. The Morgan fingerprint density at radius 3 is 2.48 bits per heavy atom. The highest BCUT2D eigenvalue weighted by atomic mass is 32.2. The monoisotopic (exact) mass is 421 g/mol. The number of sulfonamides is 1. The lowest BCUT2D eigenvalue weighted by Crippen LogP contribution is -2.47. The molecule has 7 nitrogen and oxygen atoms in total. The van der Waals surface area contributed by atoms with Crippen molar-refractivity contribution in [3.63, 3.8) is 0 Å². The number of likely N-dealkylation sites (N-methyl/N-ethyl adjacent to an activating group) is 1. The summed E-state index contributed by atoms with van der Waals surface area (Å²) in [5, 5.41) is 6.83. The summed E-state index contributed by atoms with van der Waals surface area (Å²) >= 11 is 0. The van der Waals surface area contributed by atoms with Crippen molar-refractivity contribution in [2.45, 2.75) is 56.5 Å². The van der Waals surface area contributed by atoms with Crippen molar-refractivity contribution in [1.82, 2.24) is 19.8 Å². The van der Waals surface area contributed by atoms with E-state index in [1.807, 2.05) is 26.1 Å². The van der Waals surface area contributed by atoms with E-state index in [9.17, 15) is 8.42 Å². The van der Waals surface area contributed by atoms with E-state index in [4.69, 9.17) is 4.99 Å². The molecule has 1 heterocycles. The van der Waals surface area contributed by atoms with E-state index in [1.54, 1.807) is 16.4 Å². The van der Waals surface area contributed by atoms with Crippen LogP contribution in [0.4, 0.5) is 0 Å². The lowest BCUT2D eigenvalue weighted by atomic mass is 9.96. The van der Waals surface area contributed by atoms with E-state index in [1.165, 1.54) is 32.1 Å². The number of aliphatic imine (C=N–C) groups is 1. The Hall–Kier alpha value is -1.64. The second kappa shape index (κ2) is 10.4. The van der Waals surface area contributed by atoms with Gasteiger partial charge in [-0.25, -0.2) is 13.4 Å². The molecule has 1 saturated carbocycles. The van der Waals surface area contributed by atoms with Crippen molar-refractivity contribution in [1.29, 1.82) is 0 Å². The predicted molar refractivity (Wildman–Crippen MR) is 118 cm³/mol. The molecule has 162 valence electrons. The van der Waals surface area contributed by atoms with Gasteiger partial charge >= 0.3 is 0 Å². The quantitative estimate of drug-likeness (QED) is 0.543. The lowest BCUT2D eigenvalue weighted by molar-refractivity contribution is 0.222. The van der Waals surface area contributed by atoms with Crippen LogP contribution in [0.5, 0.6) is 0 Å². The van der Waals surface area contributed by atoms with Crippen LogP contribution in [0.1, 0.15) is 44.6 Å². The Balaban J connectivity index is 1.75. The van der Waals surface area contributed by atoms with Crippen molar-refractivity contribution >= 4 is 16.0 Å². The maximum atomic E-state index is 13.2.